The van der Waals surface area contributed by atoms with Gasteiger partial charge in [-0.3, -0.25) is 15.4 Å². The van der Waals surface area contributed by atoms with Gasteiger partial charge in [0.15, 0.2) is 0 Å². The molecular weight excluding hydrogens is 452 g/mol. The summed E-state index contributed by atoms with van der Waals surface area (Å²) >= 11 is 0. The van der Waals surface area contributed by atoms with E-state index in [-0.39, 0.29) is 18.4 Å². The Kier molecular flexibility index (Phi) is 8.99. The molecule has 0 aromatic heterocycles. The van der Waals surface area contributed by atoms with Gasteiger partial charge in [-0.2, -0.15) is 0 Å². The average Bonchev–Trinajstić information content (AvgIpc) is 3.05. The fraction of sp³-hybridized carbons (Fsp3) is 0.517. The Morgan fingerprint density at radius 1 is 1.06 bits per heavy atom. The van der Waals surface area contributed by atoms with Crippen molar-refractivity contribution in [3.63, 3.8) is 0 Å². The maximum absolute atomic E-state index is 12.8. The van der Waals surface area contributed by atoms with Crippen molar-refractivity contribution in [2.45, 2.75) is 51.9 Å². The zero-order valence-corrected chi connectivity index (χ0v) is 21.7. The summed E-state index contributed by atoms with van der Waals surface area (Å²) in [6, 6.07) is 14.3. The Labute approximate surface area is 214 Å². The van der Waals surface area contributed by atoms with E-state index in [4.69, 9.17) is 10.6 Å². The van der Waals surface area contributed by atoms with E-state index in [0.29, 0.717) is 31.2 Å². The van der Waals surface area contributed by atoms with E-state index >= 15 is 0 Å². The van der Waals surface area contributed by atoms with Crippen LogP contribution in [-0.2, 0) is 16.0 Å². The molecule has 1 aliphatic heterocycles. The third-order valence-corrected chi connectivity index (χ3v) is 7.73. The van der Waals surface area contributed by atoms with Gasteiger partial charge in [-0.15, -0.1) is 0 Å². The number of hydrogen-bond donors (Lipinski definition) is 2. The highest BCUT2D eigenvalue weighted by Gasteiger charge is 2.26. The number of benzene rings is 2. The molecule has 4 rings (SSSR count). The molecule has 7 heteroatoms. The minimum absolute atomic E-state index is 0.0357. The number of hydrogen-bond acceptors (Lipinski definition) is 6. The van der Waals surface area contributed by atoms with Crippen LogP contribution in [0.2, 0.25) is 0 Å². The van der Waals surface area contributed by atoms with E-state index in [0.717, 1.165) is 67.8 Å². The number of carbonyl (C=O) groups excluding carboxylic acids is 2. The maximum Gasteiger partial charge on any atom is 0.242 e. The Morgan fingerprint density at radius 2 is 1.92 bits per heavy atom. The number of carbonyl (C=O) groups is 2. The molecule has 1 aliphatic carbocycles. The summed E-state index contributed by atoms with van der Waals surface area (Å²) in [6.45, 7) is 4.51. The highest BCUT2D eigenvalue weighted by atomic mass is 16.5. The Hall–Kier alpha value is -2.90. The number of nitrogens with one attached hydrogen (secondary N) is 1. The lowest BCUT2D eigenvalue weighted by Crippen LogP contribution is -2.53. The van der Waals surface area contributed by atoms with Gasteiger partial charge >= 0.3 is 0 Å². The minimum Gasteiger partial charge on any atom is -0.497 e. The summed E-state index contributed by atoms with van der Waals surface area (Å²) in [6.07, 6.45) is 6.70. The summed E-state index contributed by atoms with van der Waals surface area (Å²) in [7, 11) is 1.69. The minimum atomic E-state index is 0.0357. The van der Waals surface area contributed by atoms with Crippen LogP contribution in [-0.4, -0.2) is 50.0 Å². The monoisotopic (exact) mass is 492 g/mol. The summed E-state index contributed by atoms with van der Waals surface area (Å²) < 4.78 is 5.33. The first-order valence-electron chi connectivity index (χ1n) is 13.2. The molecule has 0 spiro atoms. The average molecular weight is 493 g/mol. The number of Topliss-reactive ketones (excluding diaryl/α,β-unsaturated/α-hetero) is 1. The van der Waals surface area contributed by atoms with Crippen molar-refractivity contribution in [3.05, 3.63) is 53.6 Å². The molecule has 194 valence electrons. The van der Waals surface area contributed by atoms with E-state index in [1.54, 1.807) is 12.1 Å². The lowest BCUT2D eigenvalue weighted by Gasteiger charge is -2.32. The standard InChI is InChI=1S/C29H40N4O3/c1-21-18-25(33-17-16-32(30)20-29(33)35)11-12-27(21)31-15-14-22-6-9-24(28(34)13-8-22)10-7-23-4-3-5-26(19-23)36-2/h3-5,11-12,18-19,22,24,31H,6-10,13-17,20,30H2,1-2H3. The van der Waals surface area contributed by atoms with Crippen molar-refractivity contribution in [2.24, 2.45) is 17.7 Å². The quantitative estimate of drug-likeness (QED) is 0.400. The number of nitrogens with two attached hydrogens (primary N) is 1. The van der Waals surface area contributed by atoms with Crippen LogP contribution in [0.3, 0.4) is 0 Å². The molecule has 0 radical (unpaired) electrons. The molecule has 1 saturated carbocycles. The fourth-order valence-corrected chi connectivity index (χ4v) is 5.45. The van der Waals surface area contributed by atoms with E-state index in [1.165, 1.54) is 5.56 Å². The van der Waals surface area contributed by atoms with Crippen molar-refractivity contribution in [2.75, 3.05) is 43.5 Å². The second-order valence-corrected chi connectivity index (χ2v) is 10.3. The fourth-order valence-electron chi connectivity index (χ4n) is 5.45. The van der Waals surface area contributed by atoms with Crippen LogP contribution < -0.4 is 20.8 Å². The topological polar surface area (TPSA) is 87.9 Å². The van der Waals surface area contributed by atoms with E-state index in [1.807, 2.05) is 23.1 Å². The number of ether oxygens (including phenoxy) is 1. The molecule has 3 N–H and O–H groups in total. The number of anilines is 2. The van der Waals surface area contributed by atoms with Crippen molar-refractivity contribution >= 4 is 23.1 Å². The Bertz CT molecular complexity index is 1060. The van der Waals surface area contributed by atoms with Crippen molar-refractivity contribution in [1.82, 2.24) is 5.01 Å². The van der Waals surface area contributed by atoms with Crippen LogP contribution in [0.4, 0.5) is 11.4 Å². The molecule has 2 aliphatic rings. The maximum atomic E-state index is 12.8. The summed E-state index contributed by atoms with van der Waals surface area (Å²) in [5, 5.41) is 5.14. The molecule has 2 aromatic rings. The largest absolute Gasteiger partial charge is 0.497 e. The molecule has 7 nitrogen and oxygen atoms in total. The molecule has 2 unspecified atom stereocenters. The molecular formula is C29H40N4O3. The highest BCUT2D eigenvalue weighted by Crippen LogP contribution is 2.31. The van der Waals surface area contributed by atoms with Gasteiger partial charge in [-0.1, -0.05) is 12.1 Å². The van der Waals surface area contributed by atoms with Crippen molar-refractivity contribution < 1.29 is 14.3 Å². The smallest absolute Gasteiger partial charge is 0.242 e. The number of methoxy groups -OCH3 is 1. The molecule has 36 heavy (non-hydrogen) atoms. The lowest BCUT2D eigenvalue weighted by atomic mass is 9.91. The number of piperazine rings is 1. The second-order valence-electron chi connectivity index (χ2n) is 10.3. The van der Waals surface area contributed by atoms with Crippen LogP contribution in [0.1, 0.15) is 49.7 Å². The van der Waals surface area contributed by atoms with Gasteiger partial charge in [0.05, 0.1) is 13.7 Å². The first-order valence-corrected chi connectivity index (χ1v) is 13.2. The first-order chi connectivity index (χ1) is 17.4. The van der Waals surface area contributed by atoms with Gasteiger partial charge < -0.3 is 15.0 Å². The van der Waals surface area contributed by atoms with E-state index in [9.17, 15) is 9.59 Å². The third-order valence-electron chi connectivity index (χ3n) is 7.73. The highest BCUT2D eigenvalue weighted by molar-refractivity contribution is 5.95. The van der Waals surface area contributed by atoms with Gasteiger partial charge in [-0.25, -0.2) is 5.01 Å². The summed E-state index contributed by atoms with van der Waals surface area (Å²) in [4.78, 5) is 26.9. The van der Waals surface area contributed by atoms with Crippen LogP contribution in [0.5, 0.6) is 5.75 Å². The Balaban J connectivity index is 1.23. The van der Waals surface area contributed by atoms with Gasteiger partial charge in [0.2, 0.25) is 5.91 Å². The molecule has 0 bridgehead atoms. The van der Waals surface area contributed by atoms with E-state index < -0.39 is 0 Å². The molecule has 2 fully saturated rings. The summed E-state index contributed by atoms with van der Waals surface area (Å²) in [5.41, 5.74) is 4.40. The zero-order valence-electron chi connectivity index (χ0n) is 21.7. The zero-order chi connectivity index (χ0) is 25.5. The molecule has 1 heterocycles. The van der Waals surface area contributed by atoms with Crippen LogP contribution in [0.15, 0.2) is 42.5 Å². The predicted octanol–water partition coefficient (Wildman–Crippen LogP) is 4.34. The number of amides is 1. The van der Waals surface area contributed by atoms with E-state index in [2.05, 4.69) is 36.5 Å². The molecule has 1 amide bonds. The van der Waals surface area contributed by atoms with Gasteiger partial charge in [0.1, 0.15) is 11.5 Å². The number of nitrogens with zero attached hydrogens (tertiary/aromatic N) is 2. The molecule has 2 atom stereocenters. The summed E-state index contributed by atoms with van der Waals surface area (Å²) in [5.74, 6) is 7.86. The van der Waals surface area contributed by atoms with Crippen molar-refractivity contribution in [1.29, 1.82) is 0 Å². The number of aryl methyl sites for hydroxylation is 2. The van der Waals surface area contributed by atoms with Crippen LogP contribution >= 0.6 is 0 Å². The van der Waals surface area contributed by atoms with Crippen LogP contribution in [0.25, 0.3) is 0 Å². The third kappa shape index (κ3) is 6.86. The second kappa shape index (κ2) is 12.4. The lowest BCUT2D eigenvalue weighted by molar-refractivity contribution is -0.123. The normalized spacial score (nSPS) is 21.4. The number of rotatable bonds is 9. The SMILES string of the molecule is COc1cccc(CCC2CCC(CCNc3ccc(N4CCN(N)CC4=O)cc3C)CCC2=O)c1. The predicted molar refractivity (Wildman–Crippen MR) is 144 cm³/mol. The number of hydrazine groups is 1. The number of ketones is 1. The van der Waals surface area contributed by atoms with Gasteiger partial charge in [0.25, 0.3) is 0 Å². The molecule has 2 aromatic carbocycles. The first kappa shape index (κ1) is 26.2. The Morgan fingerprint density at radius 3 is 2.69 bits per heavy atom. The van der Waals surface area contributed by atoms with Gasteiger partial charge in [0, 0.05) is 43.3 Å². The molecule has 1 saturated heterocycles. The van der Waals surface area contributed by atoms with Crippen LogP contribution in [0, 0.1) is 18.8 Å². The van der Waals surface area contributed by atoms with Gasteiger partial charge in [-0.05, 0) is 92.8 Å². The van der Waals surface area contributed by atoms with Crippen molar-refractivity contribution in [3.8, 4) is 5.75 Å².